The highest BCUT2D eigenvalue weighted by molar-refractivity contribution is 7.89. The number of anilines is 1. The molecule has 188 valence electrons. The van der Waals surface area contributed by atoms with Gasteiger partial charge in [0.2, 0.25) is 10.0 Å². The lowest BCUT2D eigenvalue weighted by Gasteiger charge is -2.34. The van der Waals surface area contributed by atoms with Gasteiger partial charge >= 0.3 is 0 Å². The average Bonchev–Trinajstić information content (AvgIpc) is 2.89. The zero-order valence-corrected chi connectivity index (χ0v) is 21.4. The number of hydrogen-bond donors (Lipinski definition) is 1. The Labute approximate surface area is 222 Å². The van der Waals surface area contributed by atoms with Crippen LogP contribution >= 0.6 is 23.2 Å². The first-order chi connectivity index (χ1) is 17.6. The molecule has 9 nitrogen and oxygen atoms in total. The van der Waals surface area contributed by atoms with E-state index < -0.39 is 26.6 Å². The zero-order valence-electron chi connectivity index (χ0n) is 19.1. The molecule has 2 heterocycles. The van der Waals surface area contributed by atoms with Gasteiger partial charge in [-0.25, -0.2) is 13.4 Å². The van der Waals surface area contributed by atoms with Gasteiger partial charge in [-0.05, 0) is 41.0 Å². The minimum Gasteiger partial charge on any atom is -0.382 e. The second kappa shape index (κ2) is 9.71. The molecule has 0 saturated carbocycles. The molecule has 0 radical (unpaired) electrons. The van der Waals surface area contributed by atoms with E-state index in [9.17, 15) is 18.5 Å². The van der Waals surface area contributed by atoms with Gasteiger partial charge < -0.3 is 5.73 Å². The third-order valence-electron chi connectivity index (χ3n) is 6.24. The van der Waals surface area contributed by atoms with E-state index in [1.165, 1.54) is 41.0 Å². The molecule has 0 aliphatic carbocycles. The number of nitrogens with two attached hydrogens (primary N) is 1. The van der Waals surface area contributed by atoms with Crippen molar-refractivity contribution < 1.29 is 13.3 Å². The molecule has 2 N–H and O–H groups in total. The van der Waals surface area contributed by atoms with Crippen LogP contribution in [0.3, 0.4) is 0 Å². The molecule has 0 spiro atoms. The molecule has 4 aromatic rings. The van der Waals surface area contributed by atoms with E-state index in [1.54, 1.807) is 18.2 Å². The van der Waals surface area contributed by atoms with E-state index in [1.807, 2.05) is 18.2 Å². The fourth-order valence-corrected chi connectivity index (χ4v) is 6.34. The van der Waals surface area contributed by atoms with E-state index in [0.717, 1.165) is 22.3 Å². The Morgan fingerprint density at radius 1 is 1.00 bits per heavy atom. The van der Waals surface area contributed by atoms with Gasteiger partial charge in [-0.3, -0.25) is 15.1 Å². The third-order valence-corrected chi connectivity index (χ3v) is 8.84. The number of nitro benzene ring substituents is 1. The van der Waals surface area contributed by atoms with Gasteiger partial charge in [0.05, 0.1) is 33.1 Å². The summed E-state index contributed by atoms with van der Waals surface area (Å²) in [6.07, 6.45) is 2.98. The largest absolute Gasteiger partial charge is 0.382 e. The van der Waals surface area contributed by atoms with Crippen molar-refractivity contribution in [3.05, 3.63) is 110 Å². The summed E-state index contributed by atoms with van der Waals surface area (Å²) < 4.78 is 28.8. The Balaban J connectivity index is 1.64. The molecule has 1 aliphatic heterocycles. The van der Waals surface area contributed by atoms with Crippen molar-refractivity contribution in [3.8, 4) is 11.3 Å². The van der Waals surface area contributed by atoms with Crippen molar-refractivity contribution in [2.45, 2.75) is 17.4 Å². The molecule has 0 amide bonds. The maximum Gasteiger partial charge on any atom is 0.289 e. The summed E-state index contributed by atoms with van der Waals surface area (Å²) in [4.78, 5) is 18.9. The van der Waals surface area contributed by atoms with E-state index in [2.05, 4.69) is 9.97 Å². The fraction of sp³-hybridized carbons (Fsp3) is 0.120. The number of nitrogen functional groups attached to an aromatic ring is 1. The highest BCUT2D eigenvalue weighted by atomic mass is 35.5. The van der Waals surface area contributed by atoms with Crippen LogP contribution in [0.25, 0.3) is 11.3 Å². The number of hydrogen-bond acceptors (Lipinski definition) is 7. The zero-order chi connectivity index (χ0) is 26.3. The van der Waals surface area contributed by atoms with Crippen molar-refractivity contribution in [2.75, 3.05) is 12.3 Å². The molecule has 0 fully saturated rings. The molecule has 1 atom stereocenters. The molecule has 1 aromatic heterocycles. The monoisotopic (exact) mass is 555 g/mol. The second-order valence-electron chi connectivity index (χ2n) is 8.49. The van der Waals surface area contributed by atoms with Crippen LogP contribution in [-0.4, -0.2) is 34.2 Å². The highest BCUT2D eigenvalue weighted by Gasteiger charge is 2.37. The number of rotatable bonds is 5. The van der Waals surface area contributed by atoms with Crippen molar-refractivity contribution >= 4 is 44.7 Å². The van der Waals surface area contributed by atoms with E-state index in [0.29, 0.717) is 15.7 Å². The van der Waals surface area contributed by atoms with Gasteiger partial charge in [-0.1, -0.05) is 53.5 Å². The Hall–Kier alpha value is -3.57. The quantitative estimate of drug-likeness (QED) is 0.261. The summed E-state index contributed by atoms with van der Waals surface area (Å²) >= 11 is 12.4. The van der Waals surface area contributed by atoms with Gasteiger partial charge in [0.25, 0.3) is 5.69 Å². The van der Waals surface area contributed by atoms with Gasteiger partial charge in [0, 0.05) is 30.6 Å². The number of halogens is 2. The maximum atomic E-state index is 13.8. The summed E-state index contributed by atoms with van der Waals surface area (Å²) in [6, 6.07) is 16.1. The lowest BCUT2D eigenvalue weighted by Crippen LogP contribution is -2.38. The minimum absolute atomic E-state index is 0.0117. The molecule has 1 unspecified atom stereocenters. The lowest BCUT2D eigenvalue weighted by molar-refractivity contribution is -0.387. The summed E-state index contributed by atoms with van der Waals surface area (Å²) in [7, 11) is -4.23. The van der Waals surface area contributed by atoms with Crippen LogP contribution in [0.15, 0.2) is 78.0 Å². The van der Waals surface area contributed by atoms with Gasteiger partial charge in [0.15, 0.2) is 4.90 Å². The normalized spacial score (nSPS) is 15.8. The van der Waals surface area contributed by atoms with Gasteiger partial charge in [0.1, 0.15) is 5.82 Å². The summed E-state index contributed by atoms with van der Waals surface area (Å²) in [5.74, 6) is -0.120. The molecular weight excluding hydrogens is 537 g/mol. The molecule has 3 aromatic carbocycles. The number of fused-ring (bicyclic) bond motifs is 1. The summed E-state index contributed by atoms with van der Waals surface area (Å²) in [5, 5.41) is 12.3. The standard InChI is InChI=1S/C25H19Cl2N5O4S/c26-20-8-6-15(10-21(20)27)19-14-31(37(35,36)24-4-2-1-3-23(24)32(33)34)13-17-9-16(5-7-18(17)19)22-11-30-25(28)12-29-22/h1-12,19H,13-14H2,(H2,28,30). The number of para-hydroxylation sites is 1. The maximum absolute atomic E-state index is 13.8. The van der Waals surface area contributed by atoms with Crippen LogP contribution < -0.4 is 5.73 Å². The molecular formula is C25H19Cl2N5O4S. The predicted octanol–water partition coefficient (Wildman–Crippen LogP) is 5.28. The van der Waals surface area contributed by atoms with Crippen molar-refractivity contribution in [2.24, 2.45) is 0 Å². The van der Waals surface area contributed by atoms with Gasteiger partial charge in [-0.2, -0.15) is 4.31 Å². The number of sulfonamides is 1. The summed E-state index contributed by atoms with van der Waals surface area (Å²) in [5.41, 5.74) is 8.86. The minimum atomic E-state index is -4.23. The predicted molar refractivity (Wildman–Crippen MR) is 141 cm³/mol. The Kier molecular flexibility index (Phi) is 6.59. The number of aromatic nitrogens is 2. The van der Waals surface area contributed by atoms with Crippen LogP contribution in [-0.2, 0) is 16.6 Å². The van der Waals surface area contributed by atoms with Crippen LogP contribution in [0.5, 0.6) is 0 Å². The molecule has 0 bridgehead atoms. The first-order valence-electron chi connectivity index (χ1n) is 11.0. The third kappa shape index (κ3) is 4.76. The lowest BCUT2D eigenvalue weighted by atomic mass is 9.84. The Morgan fingerprint density at radius 2 is 1.78 bits per heavy atom. The fourth-order valence-electron chi connectivity index (χ4n) is 4.45. The van der Waals surface area contributed by atoms with Crippen molar-refractivity contribution in [3.63, 3.8) is 0 Å². The van der Waals surface area contributed by atoms with E-state index in [-0.39, 0.29) is 23.8 Å². The number of benzene rings is 3. The van der Waals surface area contributed by atoms with Crippen LogP contribution in [0, 0.1) is 10.1 Å². The van der Waals surface area contributed by atoms with Gasteiger partial charge in [-0.15, -0.1) is 0 Å². The topological polar surface area (TPSA) is 132 Å². The number of nitro groups is 1. The average molecular weight is 556 g/mol. The highest BCUT2D eigenvalue weighted by Crippen LogP contribution is 2.40. The smallest absolute Gasteiger partial charge is 0.289 e. The van der Waals surface area contributed by atoms with Crippen molar-refractivity contribution in [1.82, 2.24) is 14.3 Å². The SMILES string of the molecule is Nc1cnc(-c2ccc3c(c2)CN(S(=O)(=O)c2ccccc2[N+](=O)[O-])CC3c2ccc(Cl)c(Cl)c2)cn1. The van der Waals surface area contributed by atoms with Crippen molar-refractivity contribution in [1.29, 1.82) is 0 Å². The van der Waals surface area contributed by atoms with Crippen LogP contribution in [0.4, 0.5) is 11.5 Å². The molecule has 12 heteroatoms. The van der Waals surface area contributed by atoms with E-state index >= 15 is 0 Å². The Bertz CT molecular complexity index is 1630. The first-order valence-corrected chi connectivity index (χ1v) is 13.2. The molecule has 1 aliphatic rings. The Morgan fingerprint density at radius 3 is 2.49 bits per heavy atom. The molecule has 0 saturated heterocycles. The van der Waals surface area contributed by atoms with Crippen LogP contribution in [0.2, 0.25) is 10.0 Å². The molecule has 5 rings (SSSR count). The molecule has 37 heavy (non-hydrogen) atoms. The summed E-state index contributed by atoms with van der Waals surface area (Å²) in [6.45, 7) is 0.0676. The van der Waals surface area contributed by atoms with Crippen LogP contribution in [0.1, 0.15) is 22.6 Å². The second-order valence-corrected chi connectivity index (χ2v) is 11.2. The van der Waals surface area contributed by atoms with E-state index in [4.69, 9.17) is 28.9 Å². The first kappa shape index (κ1) is 25.1. The number of nitrogens with zero attached hydrogens (tertiary/aromatic N) is 4.